The van der Waals surface area contributed by atoms with Gasteiger partial charge in [-0.1, -0.05) is 73.9 Å². The number of amides is 2. The van der Waals surface area contributed by atoms with Crippen molar-refractivity contribution >= 4 is 91.7 Å². The van der Waals surface area contributed by atoms with Crippen molar-refractivity contribution in [1.82, 2.24) is 0 Å². The van der Waals surface area contributed by atoms with E-state index >= 15 is 0 Å². The lowest BCUT2D eigenvalue weighted by Gasteiger charge is -2.16. The highest BCUT2D eigenvalue weighted by molar-refractivity contribution is 8.30. The number of carbonyl (C=O) groups is 4. The number of thioether (sulfide) groups is 2. The molecule has 0 aliphatic carbocycles. The van der Waals surface area contributed by atoms with Gasteiger partial charge in [-0.25, -0.2) is 9.59 Å². The van der Waals surface area contributed by atoms with Crippen LogP contribution in [0.5, 0.6) is 0 Å². The van der Waals surface area contributed by atoms with Gasteiger partial charge in [-0.2, -0.15) is 0 Å². The Hall–Kier alpha value is -3.06. The minimum Gasteiger partial charge on any atom is -0.462 e. The van der Waals surface area contributed by atoms with E-state index in [1.165, 1.54) is 21.9 Å². The number of rotatable bonds is 8. The Kier molecular flexibility index (Phi) is 8.98. The molecule has 0 aromatic heterocycles. The van der Waals surface area contributed by atoms with E-state index in [2.05, 4.69) is 0 Å². The van der Waals surface area contributed by atoms with Crippen LogP contribution in [-0.4, -0.2) is 45.6 Å². The van der Waals surface area contributed by atoms with Crippen LogP contribution in [0.4, 0.5) is 11.4 Å². The fourth-order valence-corrected chi connectivity index (χ4v) is 6.31. The smallest absolute Gasteiger partial charge is 0.338 e. The topological polar surface area (TPSA) is 93.2 Å². The van der Waals surface area contributed by atoms with Gasteiger partial charge in [-0.15, -0.1) is 0 Å². The molecule has 2 aromatic carbocycles. The number of benzene rings is 2. The first-order chi connectivity index (χ1) is 18.3. The molecule has 2 heterocycles. The molecule has 4 rings (SSSR count). The van der Waals surface area contributed by atoms with Crippen molar-refractivity contribution in [3.05, 3.63) is 69.5 Å². The molecule has 38 heavy (non-hydrogen) atoms. The van der Waals surface area contributed by atoms with Gasteiger partial charge in [0.1, 0.15) is 0 Å². The molecule has 196 valence electrons. The van der Waals surface area contributed by atoms with Crippen LogP contribution in [0.25, 0.3) is 0 Å². The lowest BCUT2D eigenvalue weighted by atomic mass is 10.2. The van der Waals surface area contributed by atoms with Crippen molar-refractivity contribution in [2.75, 3.05) is 23.0 Å². The summed E-state index contributed by atoms with van der Waals surface area (Å²) < 4.78 is 10.8. The third-order valence-corrected chi connectivity index (χ3v) is 8.17. The third-order valence-electron chi connectivity index (χ3n) is 5.30. The van der Waals surface area contributed by atoms with E-state index in [9.17, 15) is 19.2 Å². The van der Waals surface area contributed by atoms with Crippen molar-refractivity contribution in [2.24, 2.45) is 0 Å². The zero-order valence-corrected chi connectivity index (χ0v) is 23.7. The number of thiocarbonyl (C=S) groups is 2. The lowest BCUT2D eigenvalue weighted by molar-refractivity contribution is -0.115. The molecule has 0 unspecified atom stereocenters. The van der Waals surface area contributed by atoms with Gasteiger partial charge in [0.25, 0.3) is 11.8 Å². The summed E-state index contributed by atoms with van der Waals surface area (Å²) >= 11 is 12.9. The molecule has 0 spiro atoms. The molecule has 2 aliphatic heterocycles. The number of carbonyl (C=O) groups excluding carboxylic acids is 4. The van der Waals surface area contributed by atoms with E-state index in [4.69, 9.17) is 33.9 Å². The summed E-state index contributed by atoms with van der Waals surface area (Å²) in [5.41, 5.74) is 1.35. The minimum absolute atomic E-state index is 0.146. The Bertz CT molecular complexity index is 1290. The molecule has 8 nitrogen and oxygen atoms in total. The molecule has 2 aromatic rings. The van der Waals surface area contributed by atoms with Crippen LogP contribution in [0, 0.1) is 0 Å². The highest BCUT2D eigenvalue weighted by atomic mass is 32.2. The fourth-order valence-electron chi connectivity index (χ4n) is 3.55. The van der Waals surface area contributed by atoms with Gasteiger partial charge in [-0.05, 0) is 49.2 Å². The second kappa shape index (κ2) is 12.2. The number of nitrogens with zero attached hydrogens (tertiary/aromatic N) is 2. The minimum atomic E-state index is -0.499. The first-order valence-electron chi connectivity index (χ1n) is 11.7. The predicted molar refractivity (Wildman–Crippen MR) is 156 cm³/mol. The molecule has 12 heteroatoms. The Morgan fingerprint density at radius 2 is 1.13 bits per heavy atom. The van der Waals surface area contributed by atoms with E-state index in [-0.39, 0.29) is 42.8 Å². The highest BCUT2D eigenvalue weighted by Crippen LogP contribution is 2.44. The Labute approximate surface area is 238 Å². The summed E-state index contributed by atoms with van der Waals surface area (Å²) in [6.45, 7) is 4.36. The molecule has 2 saturated heterocycles. The SMILES string of the molecule is CCCOC(=O)c1cccc(N2C(=O)/C(=C3\SC(=S)N(c4cccc(C(=O)OCCC)c4)C3=O)SC2=S)c1. The maximum atomic E-state index is 13.5. The zero-order valence-electron chi connectivity index (χ0n) is 20.4. The molecular weight excluding hydrogens is 565 g/mol. The van der Waals surface area contributed by atoms with Gasteiger partial charge in [-0.3, -0.25) is 19.4 Å². The average Bonchev–Trinajstić information content (AvgIpc) is 3.38. The molecule has 0 saturated carbocycles. The maximum Gasteiger partial charge on any atom is 0.338 e. The molecule has 2 aliphatic rings. The predicted octanol–water partition coefficient (Wildman–Crippen LogP) is 5.46. The summed E-state index contributed by atoms with van der Waals surface area (Å²) in [6.07, 6.45) is 1.37. The third kappa shape index (κ3) is 5.68. The van der Waals surface area contributed by atoms with Gasteiger partial charge in [0, 0.05) is 0 Å². The van der Waals surface area contributed by atoms with Crippen LogP contribution in [0.3, 0.4) is 0 Å². The van der Waals surface area contributed by atoms with Gasteiger partial charge < -0.3 is 9.47 Å². The Morgan fingerprint density at radius 1 is 0.737 bits per heavy atom. The zero-order chi connectivity index (χ0) is 27.4. The maximum absolute atomic E-state index is 13.5. The van der Waals surface area contributed by atoms with Crippen LogP contribution in [0.15, 0.2) is 58.3 Å². The van der Waals surface area contributed by atoms with E-state index in [1.807, 2.05) is 13.8 Å². The van der Waals surface area contributed by atoms with Crippen LogP contribution in [0.2, 0.25) is 0 Å². The number of hydrogen-bond acceptors (Lipinski definition) is 10. The molecule has 0 atom stereocenters. The fraction of sp³-hybridized carbons (Fsp3) is 0.231. The largest absolute Gasteiger partial charge is 0.462 e. The van der Waals surface area contributed by atoms with E-state index in [0.717, 1.165) is 23.5 Å². The first kappa shape index (κ1) is 28.0. The van der Waals surface area contributed by atoms with Crippen molar-refractivity contribution < 1.29 is 28.7 Å². The lowest BCUT2D eigenvalue weighted by Crippen LogP contribution is -2.29. The highest BCUT2D eigenvalue weighted by Gasteiger charge is 2.43. The van der Waals surface area contributed by atoms with Gasteiger partial charge in [0.2, 0.25) is 0 Å². The normalized spacial score (nSPS) is 17.4. The van der Waals surface area contributed by atoms with Gasteiger partial charge >= 0.3 is 11.9 Å². The molecule has 0 N–H and O–H groups in total. The van der Waals surface area contributed by atoms with Crippen molar-refractivity contribution in [3.63, 3.8) is 0 Å². The first-order valence-corrected chi connectivity index (χ1v) is 14.1. The van der Waals surface area contributed by atoms with Gasteiger partial charge in [0.15, 0.2) is 8.64 Å². The quantitative estimate of drug-likeness (QED) is 0.225. The van der Waals surface area contributed by atoms with Crippen LogP contribution >= 0.6 is 48.0 Å². The standard InChI is InChI=1S/C26H22N2O6S4/c1-3-11-33-23(31)15-7-5-9-17(13-15)27-21(29)19(37-25(27)35)20-22(30)28(26(36)38-20)18-10-6-8-16(14-18)24(32)34-12-4-2/h5-10,13-14H,3-4,11-12H2,1-2H3/b20-19+. The average molecular weight is 587 g/mol. The Balaban J connectivity index is 1.60. The second-order valence-electron chi connectivity index (χ2n) is 8.05. The summed E-state index contributed by atoms with van der Waals surface area (Å²) in [5.74, 6) is -1.98. The molecule has 0 radical (unpaired) electrons. The second-order valence-corrected chi connectivity index (χ2v) is 11.3. The number of anilines is 2. The van der Waals surface area contributed by atoms with Gasteiger partial charge in [0.05, 0.1) is 45.5 Å². The van der Waals surface area contributed by atoms with E-state index in [0.29, 0.717) is 24.2 Å². The monoisotopic (exact) mass is 586 g/mol. The van der Waals surface area contributed by atoms with E-state index in [1.54, 1.807) is 36.4 Å². The summed E-state index contributed by atoms with van der Waals surface area (Å²) in [4.78, 5) is 54.4. The summed E-state index contributed by atoms with van der Waals surface area (Å²) in [7, 11) is 0. The van der Waals surface area contributed by atoms with Crippen LogP contribution in [-0.2, 0) is 19.1 Å². The van der Waals surface area contributed by atoms with Crippen molar-refractivity contribution in [2.45, 2.75) is 26.7 Å². The number of ether oxygens (including phenoxy) is 2. The Morgan fingerprint density at radius 3 is 1.50 bits per heavy atom. The summed E-state index contributed by atoms with van der Waals surface area (Å²) in [5, 5.41) is 0. The van der Waals surface area contributed by atoms with Crippen molar-refractivity contribution in [1.29, 1.82) is 0 Å². The summed E-state index contributed by atoms with van der Waals surface area (Å²) in [6, 6.07) is 12.8. The molecule has 0 bridgehead atoms. The molecular formula is C26H22N2O6S4. The number of hydrogen-bond donors (Lipinski definition) is 0. The number of esters is 2. The van der Waals surface area contributed by atoms with Crippen LogP contribution in [0.1, 0.15) is 47.4 Å². The molecule has 2 fully saturated rings. The van der Waals surface area contributed by atoms with Crippen LogP contribution < -0.4 is 9.80 Å². The van der Waals surface area contributed by atoms with Crippen molar-refractivity contribution in [3.8, 4) is 0 Å². The molecule has 2 amide bonds. The van der Waals surface area contributed by atoms with E-state index < -0.39 is 23.8 Å².